The predicted octanol–water partition coefficient (Wildman–Crippen LogP) is 1.82. The smallest absolute Gasteiger partial charge is 0.227 e. The minimum absolute atomic E-state index is 0.122. The zero-order chi connectivity index (χ0) is 16.2. The first kappa shape index (κ1) is 15.4. The van der Waals surface area contributed by atoms with Gasteiger partial charge in [0.15, 0.2) is 0 Å². The van der Waals surface area contributed by atoms with Gasteiger partial charge in [0.2, 0.25) is 5.91 Å². The summed E-state index contributed by atoms with van der Waals surface area (Å²) in [4.78, 5) is 24.3. The minimum Gasteiger partial charge on any atom is -0.367 e. The molecule has 2 aromatic heterocycles. The van der Waals surface area contributed by atoms with E-state index in [9.17, 15) is 9.18 Å². The Kier molecular flexibility index (Phi) is 4.50. The number of nitrogens with zero attached hydrogens (tertiary/aromatic N) is 4. The zero-order valence-electron chi connectivity index (χ0n) is 13.1. The van der Waals surface area contributed by atoms with Gasteiger partial charge in [0.25, 0.3) is 0 Å². The number of amides is 1. The third-order valence-electron chi connectivity index (χ3n) is 4.17. The number of anilines is 1. The molecule has 0 bridgehead atoms. The van der Waals surface area contributed by atoms with Crippen LogP contribution in [0.5, 0.6) is 0 Å². The predicted molar refractivity (Wildman–Crippen MR) is 85.7 cm³/mol. The Morgan fingerprint density at radius 3 is 2.65 bits per heavy atom. The summed E-state index contributed by atoms with van der Waals surface area (Å²) in [5.74, 6) is -0.217. The molecule has 0 radical (unpaired) electrons. The van der Waals surface area contributed by atoms with Crippen molar-refractivity contribution in [3.05, 3.63) is 53.9 Å². The number of hydrogen-bond donors (Lipinski definition) is 0. The molecule has 5 nitrogen and oxygen atoms in total. The Bertz CT molecular complexity index is 698. The van der Waals surface area contributed by atoms with Crippen LogP contribution in [-0.4, -0.2) is 47.0 Å². The van der Waals surface area contributed by atoms with E-state index in [1.165, 1.54) is 12.3 Å². The maximum absolute atomic E-state index is 13.2. The van der Waals surface area contributed by atoms with Gasteiger partial charge in [-0.2, -0.15) is 0 Å². The highest BCUT2D eigenvalue weighted by molar-refractivity contribution is 5.79. The van der Waals surface area contributed by atoms with Crippen LogP contribution >= 0.6 is 0 Å². The molecule has 0 aromatic carbocycles. The number of hydrogen-bond acceptors (Lipinski definition) is 4. The molecule has 0 saturated carbocycles. The van der Waals surface area contributed by atoms with E-state index in [0.717, 1.165) is 16.8 Å². The lowest BCUT2D eigenvalue weighted by molar-refractivity contribution is -0.130. The van der Waals surface area contributed by atoms with Gasteiger partial charge in [0.1, 0.15) is 5.82 Å². The molecule has 120 valence electrons. The molecule has 0 aliphatic carbocycles. The van der Waals surface area contributed by atoms with Crippen LogP contribution in [0.25, 0.3) is 0 Å². The van der Waals surface area contributed by atoms with Crippen molar-refractivity contribution in [3.63, 3.8) is 0 Å². The molecule has 0 N–H and O–H groups in total. The Hall–Kier alpha value is -2.50. The third-order valence-corrected chi connectivity index (χ3v) is 4.17. The fourth-order valence-corrected chi connectivity index (χ4v) is 2.76. The summed E-state index contributed by atoms with van der Waals surface area (Å²) in [5, 5.41) is 0. The Morgan fingerprint density at radius 2 is 1.96 bits per heavy atom. The zero-order valence-corrected chi connectivity index (χ0v) is 13.1. The number of piperazine rings is 1. The number of carbonyl (C=O) groups is 1. The van der Waals surface area contributed by atoms with Crippen LogP contribution in [-0.2, 0) is 11.2 Å². The van der Waals surface area contributed by atoms with Crippen molar-refractivity contribution < 1.29 is 9.18 Å². The normalized spacial score (nSPS) is 14.9. The first-order valence-electron chi connectivity index (χ1n) is 7.66. The molecule has 23 heavy (non-hydrogen) atoms. The highest BCUT2D eigenvalue weighted by Crippen LogP contribution is 2.17. The molecular formula is C17H19FN4O. The van der Waals surface area contributed by atoms with Crippen LogP contribution in [0.1, 0.15) is 11.1 Å². The van der Waals surface area contributed by atoms with Gasteiger partial charge in [0.05, 0.1) is 24.5 Å². The van der Waals surface area contributed by atoms with E-state index in [1.54, 1.807) is 18.6 Å². The number of aromatic nitrogens is 2. The van der Waals surface area contributed by atoms with E-state index in [1.807, 2.05) is 17.9 Å². The van der Waals surface area contributed by atoms with Crippen molar-refractivity contribution in [1.82, 2.24) is 14.9 Å². The fraction of sp³-hybridized carbons (Fsp3) is 0.353. The summed E-state index contributed by atoms with van der Waals surface area (Å²) < 4.78 is 13.2. The lowest BCUT2D eigenvalue weighted by atomic mass is 10.1. The monoisotopic (exact) mass is 314 g/mol. The van der Waals surface area contributed by atoms with Crippen molar-refractivity contribution in [1.29, 1.82) is 0 Å². The van der Waals surface area contributed by atoms with Gasteiger partial charge in [-0.3, -0.25) is 14.8 Å². The van der Waals surface area contributed by atoms with Gasteiger partial charge in [-0.25, -0.2) is 4.39 Å². The average Bonchev–Trinajstić information content (AvgIpc) is 2.57. The van der Waals surface area contributed by atoms with Crippen molar-refractivity contribution in [3.8, 4) is 0 Å². The van der Waals surface area contributed by atoms with Crippen LogP contribution in [0.2, 0.25) is 0 Å². The van der Waals surface area contributed by atoms with Gasteiger partial charge >= 0.3 is 0 Å². The second-order valence-electron chi connectivity index (χ2n) is 5.71. The molecule has 0 unspecified atom stereocenters. The average molecular weight is 314 g/mol. The van der Waals surface area contributed by atoms with Crippen molar-refractivity contribution in [2.24, 2.45) is 0 Å². The number of aryl methyl sites for hydroxylation is 1. The van der Waals surface area contributed by atoms with Crippen molar-refractivity contribution in [2.75, 3.05) is 31.1 Å². The van der Waals surface area contributed by atoms with E-state index in [2.05, 4.69) is 14.9 Å². The van der Waals surface area contributed by atoms with E-state index < -0.39 is 0 Å². The highest BCUT2D eigenvalue weighted by Gasteiger charge is 2.22. The molecule has 2 aromatic rings. The van der Waals surface area contributed by atoms with Gasteiger partial charge in [-0.1, -0.05) is 0 Å². The van der Waals surface area contributed by atoms with E-state index in [0.29, 0.717) is 32.6 Å². The molecule has 1 aliphatic rings. The Balaban J connectivity index is 1.58. The van der Waals surface area contributed by atoms with Gasteiger partial charge in [-0.15, -0.1) is 0 Å². The molecule has 0 spiro atoms. The molecule has 1 fully saturated rings. The van der Waals surface area contributed by atoms with Crippen LogP contribution in [0.4, 0.5) is 10.1 Å². The lowest BCUT2D eigenvalue weighted by Gasteiger charge is -2.36. The van der Waals surface area contributed by atoms with E-state index in [4.69, 9.17) is 0 Å². The van der Waals surface area contributed by atoms with Crippen molar-refractivity contribution in [2.45, 2.75) is 13.3 Å². The van der Waals surface area contributed by atoms with E-state index in [-0.39, 0.29) is 11.7 Å². The molecule has 0 atom stereocenters. The van der Waals surface area contributed by atoms with Crippen LogP contribution < -0.4 is 4.90 Å². The standard InChI is InChI=1S/C17H19FN4O/c1-13-10-19-3-2-14(13)8-17(23)22-6-4-21(5-7-22)16-9-15(18)11-20-12-16/h2-3,9-12H,4-8H2,1H3. The summed E-state index contributed by atoms with van der Waals surface area (Å²) in [6.07, 6.45) is 6.74. The Labute approximate surface area is 134 Å². The van der Waals surface area contributed by atoms with Gasteiger partial charge in [0, 0.05) is 44.6 Å². The second kappa shape index (κ2) is 6.73. The molecule has 6 heteroatoms. The maximum Gasteiger partial charge on any atom is 0.227 e. The quantitative estimate of drug-likeness (QED) is 0.867. The summed E-state index contributed by atoms with van der Waals surface area (Å²) in [6, 6.07) is 3.37. The van der Waals surface area contributed by atoms with E-state index >= 15 is 0 Å². The molecule has 3 rings (SSSR count). The summed E-state index contributed by atoms with van der Waals surface area (Å²) in [5.41, 5.74) is 2.81. The van der Waals surface area contributed by atoms with Gasteiger partial charge < -0.3 is 9.80 Å². The first-order chi connectivity index (χ1) is 11.1. The maximum atomic E-state index is 13.2. The third kappa shape index (κ3) is 3.64. The number of rotatable bonds is 3. The van der Waals surface area contributed by atoms with Crippen LogP contribution in [0, 0.1) is 12.7 Å². The van der Waals surface area contributed by atoms with Crippen LogP contribution in [0.3, 0.4) is 0 Å². The molecule has 1 aliphatic heterocycles. The first-order valence-corrected chi connectivity index (χ1v) is 7.66. The summed E-state index contributed by atoms with van der Waals surface area (Å²) in [7, 11) is 0. The molecule has 3 heterocycles. The number of pyridine rings is 2. The minimum atomic E-state index is -0.339. The molecule has 1 saturated heterocycles. The summed E-state index contributed by atoms with van der Waals surface area (Å²) >= 11 is 0. The molecular weight excluding hydrogens is 295 g/mol. The summed E-state index contributed by atoms with van der Waals surface area (Å²) in [6.45, 7) is 4.61. The van der Waals surface area contributed by atoms with Crippen LogP contribution in [0.15, 0.2) is 36.9 Å². The second-order valence-corrected chi connectivity index (χ2v) is 5.71. The SMILES string of the molecule is Cc1cnccc1CC(=O)N1CCN(c2cncc(F)c2)CC1. The Morgan fingerprint density at radius 1 is 1.17 bits per heavy atom. The molecule has 1 amide bonds. The largest absolute Gasteiger partial charge is 0.367 e. The number of halogens is 1. The number of carbonyl (C=O) groups excluding carboxylic acids is 1. The van der Waals surface area contributed by atoms with Gasteiger partial charge in [-0.05, 0) is 24.1 Å². The lowest BCUT2D eigenvalue weighted by Crippen LogP contribution is -2.49. The topological polar surface area (TPSA) is 49.3 Å². The van der Waals surface area contributed by atoms with Crippen molar-refractivity contribution >= 4 is 11.6 Å². The fourth-order valence-electron chi connectivity index (χ4n) is 2.76. The highest BCUT2D eigenvalue weighted by atomic mass is 19.1.